The van der Waals surface area contributed by atoms with Crippen LogP contribution < -0.4 is 15.5 Å². The van der Waals surface area contributed by atoms with Crippen molar-refractivity contribution in [1.82, 2.24) is 10.7 Å². The summed E-state index contributed by atoms with van der Waals surface area (Å²) >= 11 is 9.51. The average molecular weight is 451 g/mol. The maximum Gasteiger partial charge on any atom is 0.329 e. The van der Waals surface area contributed by atoms with E-state index in [0.29, 0.717) is 16.3 Å². The molecule has 2 aromatic rings. The van der Waals surface area contributed by atoms with Gasteiger partial charge in [-0.2, -0.15) is 5.10 Å². The molecule has 0 saturated carbocycles. The van der Waals surface area contributed by atoms with E-state index in [1.54, 1.807) is 18.2 Å². The minimum Gasteiger partial charge on any atom is -0.488 e. The van der Waals surface area contributed by atoms with Crippen LogP contribution in [0.1, 0.15) is 11.1 Å². The van der Waals surface area contributed by atoms with Gasteiger partial charge in [0.2, 0.25) is 0 Å². The minimum atomic E-state index is -0.873. The number of halogens is 2. The lowest BCUT2D eigenvalue weighted by Gasteiger charge is -2.10. The van der Waals surface area contributed by atoms with Crippen LogP contribution in [0.4, 0.5) is 0 Å². The second-order valence-corrected chi connectivity index (χ2v) is 6.58. The highest BCUT2D eigenvalue weighted by Crippen LogP contribution is 2.24. The fourth-order valence-electron chi connectivity index (χ4n) is 1.98. The zero-order valence-corrected chi connectivity index (χ0v) is 16.6. The van der Waals surface area contributed by atoms with Crippen molar-refractivity contribution in [2.24, 2.45) is 5.10 Å². The molecular weight excluding hydrogens is 434 g/mol. The Kier molecular flexibility index (Phi) is 8.03. The summed E-state index contributed by atoms with van der Waals surface area (Å²) in [6, 6.07) is 12.7. The molecule has 0 saturated heterocycles. The van der Waals surface area contributed by atoms with Crippen molar-refractivity contribution in [1.29, 1.82) is 0 Å². The number of hydrazone groups is 1. The van der Waals surface area contributed by atoms with Gasteiger partial charge in [-0.3, -0.25) is 9.59 Å². The molecule has 140 valence electrons. The van der Waals surface area contributed by atoms with Gasteiger partial charge in [0.05, 0.1) is 6.21 Å². The largest absolute Gasteiger partial charge is 0.488 e. The van der Waals surface area contributed by atoms with E-state index in [-0.39, 0.29) is 13.2 Å². The molecule has 0 aliphatic heterocycles. The van der Waals surface area contributed by atoms with Crippen LogP contribution in [-0.2, 0) is 16.2 Å². The first-order valence-corrected chi connectivity index (χ1v) is 9.06. The first-order chi connectivity index (χ1) is 13.0. The fraction of sp³-hybridized carbons (Fsp3) is 0.105. The van der Waals surface area contributed by atoms with Crippen molar-refractivity contribution in [3.8, 4) is 5.75 Å². The van der Waals surface area contributed by atoms with Crippen LogP contribution in [0.3, 0.4) is 0 Å². The highest BCUT2D eigenvalue weighted by Gasteiger charge is 2.11. The van der Waals surface area contributed by atoms with Gasteiger partial charge in [0.25, 0.3) is 0 Å². The quantitative estimate of drug-likeness (QED) is 0.293. The summed E-state index contributed by atoms with van der Waals surface area (Å²) in [5, 5.41) is 6.78. The minimum absolute atomic E-state index is 0.196. The summed E-state index contributed by atoms with van der Waals surface area (Å²) in [5.74, 6) is -1.12. The van der Waals surface area contributed by atoms with E-state index >= 15 is 0 Å². The highest BCUT2D eigenvalue weighted by atomic mass is 79.9. The third kappa shape index (κ3) is 6.54. The molecule has 0 bridgehead atoms. The molecule has 0 atom stereocenters. The predicted molar refractivity (Wildman–Crippen MR) is 109 cm³/mol. The molecule has 0 aliphatic rings. The molecular formula is C19H17BrClN3O3. The van der Waals surface area contributed by atoms with Crippen LogP contribution >= 0.6 is 27.5 Å². The molecule has 27 heavy (non-hydrogen) atoms. The van der Waals surface area contributed by atoms with Gasteiger partial charge in [0.15, 0.2) is 0 Å². The van der Waals surface area contributed by atoms with E-state index in [9.17, 15) is 9.59 Å². The zero-order valence-electron chi connectivity index (χ0n) is 14.2. The molecule has 0 radical (unpaired) electrons. The van der Waals surface area contributed by atoms with Crippen LogP contribution in [-0.4, -0.2) is 24.6 Å². The molecule has 2 aromatic carbocycles. The number of rotatable bonds is 7. The Morgan fingerprint density at radius 1 is 1.22 bits per heavy atom. The van der Waals surface area contributed by atoms with Gasteiger partial charge in [0, 0.05) is 27.2 Å². The van der Waals surface area contributed by atoms with E-state index in [4.69, 9.17) is 16.3 Å². The number of nitrogens with zero attached hydrogens (tertiary/aromatic N) is 1. The Hall–Kier alpha value is -2.64. The molecule has 0 unspecified atom stereocenters. The lowest BCUT2D eigenvalue weighted by atomic mass is 10.2. The maximum absolute atomic E-state index is 11.6. The summed E-state index contributed by atoms with van der Waals surface area (Å²) in [5.41, 5.74) is 3.62. The molecule has 2 amide bonds. The van der Waals surface area contributed by atoms with Crippen molar-refractivity contribution >= 4 is 45.6 Å². The van der Waals surface area contributed by atoms with Gasteiger partial charge >= 0.3 is 11.8 Å². The number of ether oxygens (including phenoxy) is 1. The SMILES string of the molecule is C=CCNC(=O)C(=O)N/N=C\c1cc(Br)ccc1OCc1ccccc1Cl. The monoisotopic (exact) mass is 449 g/mol. The number of benzene rings is 2. The molecule has 6 nitrogen and oxygen atoms in total. The second-order valence-electron chi connectivity index (χ2n) is 5.26. The Morgan fingerprint density at radius 3 is 2.74 bits per heavy atom. The number of nitrogens with one attached hydrogen (secondary N) is 2. The lowest BCUT2D eigenvalue weighted by Crippen LogP contribution is -2.37. The smallest absolute Gasteiger partial charge is 0.329 e. The van der Waals surface area contributed by atoms with Crippen molar-refractivity contribution < 1.29 is 14.3 Å². The van der Waals surface area contributed by atoms with Gasteiger partial charge in [-0.05, 0) is 24.3 Å². The van der Waals surface area contributed by atoms with Crippen molar-refractivity contribution in [3.05, 3.63) is 75.7 Å². The molecule has 0 heterocycles. The summed E-state index contributed by atoms with van der Waals surface area (Å²) in [6.45, 7) is 3.93. The highest BCUT2D eigenvalue weighted by molar-refractivity contribution is 9.10. The van der Waals surface area contributed by atoms with Gasteiger partial charge in [-0.1, -0.05) is 51.8 Å². The van der Waals surface area contributed by atoms with E-state index in [2.05, 4.69) is 38.4 Å². The Bertz CT molecular complexity index is 871. The normalized spacial score (nSPS) is 10.4. The van der Waals surface area contributed by atoms with Crippen LogP contribution in [0.2, 0.25) is 5.02 Å². The van der Waals surface area contributed by atoms with Crippen LogP contribution in [0.15, 0.2) is 64.7 Å². The lowest BCUT2D eigenvalue weighted by molar-refractivity contribution is -0.139. The van der Waals surface area contributed by atoms with Crippen molar-refractivity contribution in [2.75, 3.05) is 6.54 Å². The number of carbonyl (C=O) groups is 2. The second kappa shape index (κ2) is 10.5. The summed E-state index contributed by atoms with van der Waals surface area (Å²) in [7, 11) is 0. The van der Waals surface area contributed by atoms with Gasteiger partial charge in [-0.15, -0.1) is 6.58 Å². The Morgan fingerprint density at radius 2 is 2.00 bits per heavy atom. The third-order valence-corrected chi connectivity index (χ3v) is 4.16. The van der Waals surface area contributed by atoms with E-state index < -0.39 is 11.8 Å². The van der Waals surface area contributed by atoms with Crippen molar-refractivity contribution in [2.45, 2.75) is 6.61 Å². The number of hydrogen-bond donors (Lipinski definition) is 2. The first kappa shape index (κ1) is 20.7. The van der Waals surface area contributed by atoms with E-state index in [1.165, 1.54) is 12.3 Å². The summed E-state index contributed by atoms with van der Waals surface area (Å²) in [4.78, 5) is 23.1. The molecule has 0 aliphatic carbocycles. The summed E-state index contributed by atoms with van der Waals surface area (Å²) < 4.78 is 6.63. The summed E-state index contributed by atoms with van der Waals surface area (Å²) in [6.07, 6.45) is 2.87. The standard InChI is InChI=1S/C19H17BrClN3O3/c1-2-9-22-18(25)19(26)24-23-11-14-10-15(20)7-8-17(14)27-12-13-5-3-4-6-16(13)21/h2-8,10-11H,1,9,12H2,(H,22,25)(H,24,26)/b23-11-. The Balaban J connectivity index is 2.04. The first-order valence-electron chi connectivity index (χ1n) is 7.89. The average Bonchev–Trinajstić information content (AvgIpc) is 2.66. The molecule has 2 N–H and O–H groups in total. The Labute approximate surface area is 170 Å². The maximum atomic E-state index is 11.6. The molecule has 0 fully saturated rings. The molecule has 2 rings (SSSR count). The zero-order chi connectivity index (χ0) is 19.6. The third-order valence-electron chi connectivity index (χ3n) is 3.30. The van der Waals surface area contributed by atoms with Gasteiger partial charge < -0.3 is 10.1 Å². The van der Waals surface area contributed by atoms with Crippen molar-refractivity contribution in [3.63, 3.8) is 0 Å². The van der Waals surface area contributed by atoms with Gasteiger partial charge in [0.1, 0.15) is 12.4 Å². The molecule has 0 aromatic heterocycles. The molecule has 8 heteroatoms. The number of carbonyl (C=O) groups excluding carboxylic acids is 2. The van der Waals surface area contributed by atoms with E-state index in [1.807, 2.05) is 24.3 Å². The van der Waals surface area contributed by atoms with Gasteiger partial charge in [-0.25, -0.2) is 5.43 Å². The van der Waals surface area contributed by atoms with E-state index in [0.717, 1.165) is 10.0 Å². The topological polar surface area (TPSA) is 79.8 Å². The van der Waals surface area contributed by atoms with Crippen LogP contribution in [0, 0.1) is 0 Å². The van der Waals surface area contributed by atoms with Crippen LogP contribution in [0.25, 0.3) is 0 Å². The van der Waals surface area contributed by atoms with Crippen LogP contribution in [0.5, 0.6) is 5.75 Å². The molecule has 0 spiro atoms. The number of amides is 2. The predicted octanol–water partition coefficient (Wildman–Crippen LogP) is 3.43. The fourth-order valence-corrected chi connectivity index (χ4v) is 2.55. The number of hydrogen-bond acceptors (Lipinski definition) is 4.